The van der Waals surface area contributed by atoms with Crippen LogP contribution in [0.4, 0.5) is 0 Å². The van der Waals surface area contributed by atoms with Crippen LogP contribution in [0.25, 0.3) is 17.4 Å². The lowest BCUT2D eigenvalue weighted by Gasteiger charge is -2.49. The highest BCUT2D eigenvalue weighted by molar-refractivity contribution is 6.23. The monoisotopic (exact) mass is 531 g/mol. The lowest BCUT2D eigenvalue weighted by molar-refractivity contribution is -0.157. The first kappa shape index (κ1) is 26.4. The van der Waals surface area contributed by atoms with Crippen molar-refractivity contribution in [2.24, 2.45) is 17.6 Å². The number of aliphatic hydroxyl groups is 4. The molecule has 2 aromatic carbocycles. The number of fused-ring (bicyclic) bond motifs is 3. The zero-order valence-electron chi connectivity index (χ0n) is 21.6. The number of Topliss-reactive ketones (excluding diaryl/α,β-unsaturated/α-hetero) is 2. The zero-order chi connectivity index (χ0) is 28.6. The smallest absolute Gasteiger partial charge is 0.255 e. The summed E-state index contributed by atoms with van der Waals surface area (Å²) in [6, 6.07) is 12.1. The standard InChI is InChI=1S/C30H29NO8/c1-29(2,3)14-9-7-13(8-10-14)11-16-15-5-4-6-18(32)20(15)25(35)23-21(16)24(34)17-12-19(33)22(28(31)38)26(36)30(17,39)27(23)37/h4-11,17,21,24,32,34-36,39H,12H2,1-3H3,(H2,31,38)/b16-11+. The van der Waals surface area contributed by atoms with Crippen molar-refractivity contribution in [3.63, 3.8) is 0 Å². The molecule has 1 fully saturated rings. The molecule has 0 bridgehead atoms. The number of hydrogen-bond donors (Lipinski definition) is 6. The third-order valence-corrected chi connectivity index (χ3v) is 8.00. The Hall–Kier alpha value is -4.21. The predicted octanol–water partition coefficient (Wildman–Crippen LogP) is 2.69. The maximum atomic E-state index is 13.9. The molecule has 4 unspecified atom stereocenters. The molecular formula is C30H29NO8. The molecule has 5 rings (SSSR count). The number of phenols is 1. The Bertz CT molecular complexity index is 1540. The number of hydrogen-bond acceptors (Lipinski definition) is 8. The quantitative estimate of drug-likeness (QED) is 0.320. The second-order valence-corrected chi connectivity index (χ2v) is 11.3. The molecule has 0 spiro atoms. The topological polar surface area (TPSA) is 178 Å². The maximum absolute atomic E-state index is 13.9. The van der Waals surface area contributed by atoms with Gasteiger partial charge in [0.25, 0.3) is 5.91 Å². The zero-order valence-corrected chi connectivity index (χ0v) is 21.6. The van der Waals surface area contributed by atoms with Crippen LogP contribution < -0.4 is 5.73 Å². The molecule has 3 aliphatic rings. The van der Waals surface area contributed by atoms with E-state index in [2.05, 4.69) is 20.8 Å². The molecule has 7 N–H and O–H groups in total. The molecule has 0 radical (unpaired) electrons. The van der Waals surface area contributed by atoms with E-state index in [0.29, 0.717) is 16.7 Å². The van der Waals surface area contributed by atoms with Gasteiger partial charge in [-0.3, -0.25) is 14.4 Å². The molecule has 9 nitrogen and oxygen atoms in total. The van der Waals surface area contributed by atoms with Crippen LogP contribution in [0.1, 0.15) is 49.4 Å². The summed E-state index contributed by atoms with van der Waals surface area (Å²) in [5.74, 6) is -8.51. The number of phenolic OH excluding ortho intramolecular Hbond substituents is 1. The lowest BCUT2D eigenvalue weighted by Crippen LogP contribution is -2.63. The summed E-state index contributed by atoms with van der Waals surface area (Å²) in [5, 5.41) is 55.8. The molecule has 202 valence electrons. The second-order valence-electron chi connectivity index (χ2n) is 11.3. The summed E-state index contributed by atoms with van der Waals surface area (Å²) < 4.78 is 0. The van der Waals surface area contributed by atoms with Crippen molar-refractivity contribution in [2.45, 2.75) is 44.3 Å². The van der Waals surface area contributed by atoms with Gasteiger partial charge in [-0.1, -0.05) is 63.2 Å². The summed E-state index contributed by atoms with van der Waals surface area (Å²) in [4.78, 5) is 38.4. The number of aliphatic hydroxyl groups excluding tert-OH is 3. The van der Waals surface area contributed by atoms with Crippen molar-refractivity contribution < 1.29 is 39.9 Å². The van der Waals surface area contributed by atoms with E-state index in [-0.39, 0.29) is 16.7 Å². The normalized spacial score (nSPS) is 27.8. The van der Waals surface area contributed by atoms with Crippen LogP contribution >= 0.6 is 0 Å². The van der Waals surface area contributed by atoms with Crippen LogP contribution in [-0.4, -0.2) is 54.7 Å². The average molecular weight is 532 g/mol. The van der Waals surface area contributed by atoms with Gasteiger partial charge in [-0.25, -0.2) is 0 Å². The molecule has 3 aliphatic carbocycles. The van der Waals surface area contributed by atoms with Gasteiger partial charge in [0, 0.05) is 18.3 Å². The average Bonchev–Trinajstić information content (AvgIpc) is 2.85. The van der Waals surface area contributed by atoms with Crippen molar-refractivity contribution in [3.8, 4) is 5.75 Å². The number of amides is 1. The molecule has 4 atom stereocenters. The minimum atomic E-state index is -2.89. The Labute approximate surface area is 224 Å². The first-order valence-corrected chi connectivity index (χ1v) is 12.5. The number of carbonyl (C=O) groups is 3. The van der Waals surface area contributed by atoms with E-state index in [1.807, 2.05) is 24.3 Å². The molecule has 39 heavy (non-hydrogen) atoms. The SMILES string of the molecule is CC(C)(C)c1ccc(/C=C2\c3cccc(O)c3C(O)=C3C(=O)C4(O)C(O)=C(C(N)=O)C(=O)CC4C(O)C32)cc1. The van der Waals surface area contributed by atoms with Crippen LogP contribution in [0.15, 0.2) is 59.4 Å². The molecule has 0 aliphatic heterocycles. The number of rotatable bonds is 2. The van der Waals surface area contributed by atoms with Crippen LogP contribution in [0, 0.1) is 11.8 Å². The van der Waals surface area contributed by atoms with E-state index in [0.717, 1.165) is 5.56 Å². The number of ketones is 2. The molecule has 1 saturated carbocycles. The van der Waals surface area contributed by atoms with Gasteiger partial charge in [0.1, 0.15) is 22.8 Å². The van der Waals surface area contributed by atoms with E-state index in [4.69, 9.17) is 5.73 Å². The van der Waals surface area contributed by atoms with E-state index < -0.39 is 70.1 Å². The Balaban J connectivity index is 1.77. The molecule has 2 aromatic rings. The van der Waals surface area contributed by atoms with Crippen molar-refractivity contribution in [1.82, 2.24) is 0 Å². The molecular weight excluding hydrogens is 502 g/mol. The fourth-order valence-corrected chi connectivity index (χ4v) is 5.95. The highest BCUT2D eigenvalue weighted by Gasteiger charge is 2.64. The minimum absolute atomic E-state index is 0.0885. The first-order valence-electron chi connectivity index (χ1n) is 12.5. The Morgan fingerprint density at radius 2 is 1.69 bits per heavy atom. The Kier molecular flexibility index (Phi) is 5.86. The molecule has 1 amide bonds. The molecule has 0 aromatic heterocycles. The predicted molar refractivity (Wildman–Crippen MR) is 142 cm³/mol. The first-order chi connectivity index (χ1) is 18.2. The molecule has 0 saturated heterocycles. The number of benzene rings is 2. The molecule has 9 heteroatoms. The van der Waals surface area contributed by atoms with Crippen LogP contribution in [-0.2, 0) is 19.8 Å². The Morgan fingerprint density at radius 3 is 2.28 bits per heavy atom. The molecule has 0 heterocycles. The fraction of sp³-hybridized carbons (Fsp3) is 0.300. The minimum Gasteiger partial charge on any atom is -0.508 e. The lowest BCUT2D eigenvalue weighted by atomic mass is 9.56. The van der Waals surface area contributed by atoms with E-state index in [1.165, 1.54) is 6.07 Å². The second kappa shape index (κ2) is 8.65. The largest absolute Gasteiger partial charge is 0.508 e. The fourth-order valence-electron chi connectivity index (χ4n) is 5.95. The number of carbonyl (C=O) groups excluding carboxylic acids is 3. The van der Waals surface area contributed by atoms with Gasteiger partial charge in [0.2, 0.25) is 5.78 Å². The van der Waals surface area contributed by atoms with E-state index in [1.54, 1.807) is 18.2 Å². The third-order valence-electron chi connectivity index (χ3n) is 8.00. The van der Waals surface area contributed by atoms with Crippen molar-refractivity contribution in [3.05, 3.63) is 81.6 Å². The summed E-state index contributed by atoms with van der Waals surface area (Å²) in [7, 11) is 0. The maximum Gasteiger partial charge on any atom is 0.255 e. The van der Waals surface area contributed by atoms with Crippen LogP contribution in [0.5, 0.6) is 5.75 Å². The third kappa shape index (κ3) is 3.72. The number of aromatic hydroxyl groups is 1. The van der Waals surface area contributed by atoms with Gasteiger partial charge in [0.05, 0.1) is 17.2 Å². The van der Waals surface area contributed by atoms with Gasteiger partial charge in [-0.15, -0.1) is 0 Å². The summed E-state index contributed by atoms with van der Waals surface area (Å²) in [5.41, 5.74) is 3.25. The highest BCUT2D eigenvalue weighted by Crippen LogP contribution is 2.55. The summed E-state index contributed by atoms with van der Waals surface area (Å²) in [6.07, 6.45) is -0.588. The van der Waals surface area contributed by atoms with Gasteiger partial charge in [0.15, 0.2) is 11.4 Å². The van der Waals surface area contributed by atoms with E-state index in [9.17, 15) is 39.9 Å². The highest BCUT2D eigenvalue weighted by atomic mass is 16.4. The summed E-state index contributed by atoms with van der Waals surface area (Å²) >= 11 is 0. The van der Waals surface area contributed by atoms with Crippen LogP contribution in [0.3, 0.4) is 0 Å². The van der Waals surface area contributed by atoms with Crippen LogP contribution in [0.2, 0.25) is 0 Å². The number of nitrogens with two attached hydrogens (primary N) is 1. The summed E-state index contributed by atoms with van der Waals surface area (Å²) in [6.45, 7) is 6.22. The Morgan fingerprint density at radius 1 is 1.05 bits per heavy atom. The van der Waals surface area contributed by atoms with Gasteiger partial charge in [-0.2, -0.15) is 0 Å². The van der Waals surface area contributed by atoms with E-state index >= 15 is 0 Å². The van der Waals surface area contributed by atoms with Gasteiger partial charge >= 0.3 is 0 Å². The van der Waals surface area contributed by atoms with Gasteiger partial charge < -0.3 is 31.3 Å². The van der Waals surface area contributed by atoms with Gasteiger partial charge in [-0.05, 0) is 33.7 Å². The van der Waals surface area contributed by atoms with Crippen molar-refractivity contribution in [1.29, 1.82) is 0 Å². The van der Waals surface area contributed by atoms with Crippen molar-refractivity contribution in [2.75, 3.05) is 0 Å². The van der Waals surface area contributed by atoms with Crippen molar-refractivity contribution >= 4 is 34.9 Å². The number of primary amides is 1.